The van der Waals surface area contributed by atoms with Gasteiger partial charge in [0.2, 0.25) is 5.91 Å². The zero-order valence-electron chi connectivity index (χ0n) is 9.95. The van der Waals surface area contributed by atoms with E-state index in [0.717, 1.165) is 32.1 Å². The topological polar surface area (TPSA) is 92.4 Å². The standard InChI is InChI=1S/C12H20N2O3/c13-12(6-7-12)11(17)14-9(10(15)16)8-4-2-1-3-5-8/h8-9H,1-7,13H2,(H,14,17)(H,15,16). The Morgan fingerprint density at radius 3 is 2.29 bits per heavy atom. The summed E-state index contributed by atoms with van der Waals surface area (Å²) in [6.07, 6.45) is 6.36. The molecule has 0 aromatic rings. The molecule has 0 spiro atoms. The van der Waals surface area contributed by atoms with Gasteiger partial charge in [0.05, 0.1) is 5.54 Å². The van der Waals surface area contributed by atoms with Crippen LogP contribution in [0, 0.1) is 5.92 Å². The van der Waals surface area contributed by atoms with Crippen molar-refractivity contribution in [1.29, 1.82) is 0 Å². The molecule has 0 aromatic heterocycles. The van der Waals surface area contributed by atoms with E-state index < -0.39 is 17.6 Å². The van der Waals surface area contributed by atoms with Crippen LogP contribution >= 0.6 is 0 Å². The number of hydrogen-bond acceptors (Lipinski definition) is 3. The van der Waals surface area contributed by atoms with Crippen LogP contribution in [0.4, 0.5) is 0 Å². The molecule has 96 valence electrons. The number of amides is 1. The van der Waals surface area contributed by atoms with Gasteiger partial charge >= 0.3 is 5.97 Å². The van der Waals surface area contributed by atoms with Crippen LogP contribution in [0.5, 0.6) is 0 Å². The fraction of sp³-hybridized carbons (Fsp3) is 0.833. The van der Waals surface area contributed by atoms with Crippen LogP contribution in [-0.4, -0.2) is 28.6 Å². The number of nitrogens with one attached hydrogen (secondary N) is 1. The Bertz CT molecular complexity index is 320. The molecule has 0 saturated heterocycles. The molecule has 1 atom stereocenters. The molecule has 0 heterocycles. The van der Waals surface area contributed by atoms with E-state index in [9.17, 15) is 14.7 Å². The SMILES string of the molecule is NC1(C(=O)NC(C(=O)O)C2CCCCC2)CC1. The minimum atomic E-state index is -0.936. The summed E-state index contributed by atoms with van der Waals surface area (Å²) >= 11 is 0. The first-order valence-corrected chi connectivity index (χ1v) is 6.35. The van der Waals surface area contributed by atoms with Crippen molar-refractivity contribution >= 4 is 11.9 Å². The molecule has 0 aromatic carbocycles. The Morgan fingerprint density at radius 2 is 1.82 bits per heavy atom. The largest absolute Gasteiger partial charge is 0.480 e. The Hall–Kier alpha value is -1.10. The molecule has 1 amide bonds. The first-order valence-electron chi connectivity index (χ1n) is 6.35. The van der Waals surface area contributed by atoms with E-state index in [4.69, 9.17) is 5.73 Å². The number of carboxylic acids is 1. The van der Waals surface area contributed by atoms with Gasteiger partial charge in [-0.3, -0.25) is 4.79 Å². The van der Waals surface area contributed by atoms with Crippen molar-refractivity contribution < 1.29 is 14.7 Å². The summed E-state index contributed by atoms with van der Waals surface area (Å²) in [5, 5.41) is 11.8. The average Bonchev–Trinajstić information content (AvgIpc) is 3.06. The quantitative estimate of drug-likeness (QED) is 0.672. The maximum Gasteiger partial charge on any atom is 0.326 e. The summed E-state index contributed by atoms with van der Waals surface area (Å²) < 4.78 is 0. The molecule has 0 bridgehead atoms. The number of rotatable bonds is 4. The van der Waals surface area contributed by atoms with Gasteiger partial charge in [-0.15, -0.1) is 0 Å². The van der Waals surface area contributed by atoms with E-state index in [1.54, 1.807) is 0 Å². The normalized spacial score (nSPS) is 25.0. The molecule has 2 aliphatic carbocycles. The van der Waals surface area contributed by atoms with Gasteiger partial charge in [-0.25, -0.2) is 4.79 Å². The molecule has 2 aliphatic rings. The molecule has 5 heteroatoms. The van der Waals surface area contributed by atoms with Crippen molar-refractivity contribution in [1.82, 2.24) is 5.32 Å². The second-order valence-electron chi connectivity index (χ2n) is 5.34. The van der Waals surface area contributed by atoms with Crippen LogP contribution < -0.4 is 11.1 Å². The molecule has 4 N–H and O–H groups in total. The van der Waals surface area contributed by atoms with Crippen LogP contribution in [0.2, 0.25) is 0 Å². The van der Waals surface area contributed by atoms with Gasteiger partial charge in [0, 0.05) is 0 Å². The maximum atomic E-state index is 11.8. The molecule has 17 heavy (non-hydrogen) atoms. The summed E-state index contributed by atoms with van der Waals surface area (Å²) in [5.74, 6) is -1.17. The van der Waals surface area contributed by atoms with E-state index in [1.165, 1.54) is 0 Å². The monoisotopic (exact) mass is 240 g/mol. The van der Waals surface area contributed by atoms with Crippen LogP contribution in [0.1, 0.15) is 44.9 Å². The number of nitrogens with two attached hydrogens (primary N) is 1. The lowest BCUT2D eigenvalue weighted by atomic mass is 9.83. The van der Waals surface area contributed by atoms with Crippen molar-refractivity contribution in [2.75, 3.05) is 0 Å². The zero-order chi connectivity index (χ0) is 12.5. The fourth-order valence-electron chi connectivity index (χ4n) is 2.50. The van der Waals surface area contributed by atoms with Gasteiger partial charge in [0.15, 0.2) is 0 Å². The van der Waals surface area contributed by atoms with E-state index >= 15 is 0 Å². The maximum absolute atomic E-state index is 11.8. The molecule has 0 radical (unpaired) electrons. The smallest absolute Gasteiger partial charge is 0.326 e. The third-order valence-electron chi connectivity index (χ3n) is 3.91. The highest BCUT2D eigenvalue weighted by Gasteiger charge is 2.47. The van der Waals surface area contributed by atoms with Gasteiger partial charge < -0.3 is 16.2 Å². The number of carbonyl (C=O) groups excluding carboxylic acids is 1. The van der Waals surface area contributed by atoms with Crippen LogP contribution in [0.3, 0.4) is 0 Å². The summed E-state index contributed by atoms with van der Waals surface area (Å²) in [7, 11) is 0. The molecular weight excluding hydrogens is 220 g/mol. The minimum Gasteiger partial charge on any atom is -0.480 e. The van der Waals surface area contributed by atoms with Gasteiger partial charge in [0.1, 0.15) is 6.04 Å². The average molecular weight is 240 g/mol. The van der Waals surface area contributed by atoms with Crippen molar-refractivity contribution in [2.45, 2.75) is 56.5 Å². The summed E-state index contributed by atoms with van der Waals surface area (Å²) in [6, 6.07) is -0.760. The predicted molar refractivity (Wildman–Crippen MR) is 62.3 cm³/mol. The van der Waals surface area contributed by atoms with E-state index in [1.807, 2.05) is 0 Å². The summed E-state index contributed by atoms with van der Waals surface area (Å²) in [6.45, 7) is 0. The van der Waals surface area contributed by atoms with Crippen LogP contribution in [0.25, 0.3) is 0 Å². The molecule has 0 aliphatic heterocycles. The van der Waals surface area contributed by atoms with Crippen molar-refractivity contribution in [3.63, 3.8) is 0 Å². The van der Waals surface area contributed by atoms with E-state index in [2.05, 4.69) is 5.32 Å². The lowest BCUT2D eigenvalue weighted by molar-refractivity contribution is -0.144. The molecular formula is C12H20N2O3. The molecule has 2 saturated carbocycles. The Morgan fingerprint density at radius 1 is 1.24 bits per heavy atom. The Labute approximate surface area is 101 Å². The van der Waals surface area contributed by atoms with Crippen molar-refractivity contribution in [3.8, 4) is 0 Å². The van der Waals surface area contributed by atoms with Gasteiger partial charge in [-0.2, -0.15) is 0 Å². The lowest BCUT2D eigenvalue weighted by Gasteiger charge is -2.28. The Kier molecular flexibility index (Phi) is 3.38. The minimum absolute atomic E-state index is 0.0625. The summed E-state index contributed by atoms with van der Waals surface area (Å²) in [4.78, 5) is 23.0. The number of carboxylic acid groups (broad SMARTS) is 1. The van der Waals surface area contributed by atoms with Crippen LogP contribution in [-0.2, 0) is 9.59 Å². The predicted octanol–water partition coefficient (Wildman–Crippen LogP) is 0.627. The van der Waals surface area contributed by atoms with Crippen LogP contribution in [0.15, 0.2) is 0 Å². The summed E-state index contributed by atoms with van der Waals surface area (Å²) in [5.41, 5.74) is 4.97. The first-order chi connectivity index (χ1) is 8.03. The number of aliphatic carboxylic acids is 1. The van der Waals surface area contributed by atoms with E-state index in [-0.39, 0.29) is 11.8 Å². The van der Waals surface area contributed by atoms with Gasteiger partial charge in [0.25, 0.3) is 0 Å². The highest BCUT2D eigenvalue weighted by molar-refractivity contribution is 5.92. The lowest BCUT2D eigenvalue weighted by Crippen LogP contribution is -2.52. The first kappa shape index (κ1) is 12.4. The van der Waals surface area contributed by atoms with Gasteiger partial charge in [-0.05, 0) is 31.6 Å². The van der Waals surface area contributed by atoms with Crippen molar-refractivity contribution in [2.24, 2.45) is 11.7 Å². The molecule has 2 fully saturated rings. The molecule has 5 nitrogen and oxygen atoms in total. The zero-order valence-corrected chi connectivity index (χ0v) is 9.95. The molecule has 1 unspecified atom stereocenters. The number of carbonyl (C=O) groups is 2. The van der Waals surface area contributed by atoms with Gasteiger partial charge in [-0.1, -0.05) is 19.3 Å². The highest BCUT2D eigenvalue weighted by atomic mass is 16.4. The third-order valence-corrected chi connectivity index (χ3v) is 3.91. The van der Waals surface area contributed by atoms with Crippen molar-refractivity contribution in [3.05, 3.63) is 0 Å². The Balaban J connectivity index is 1.96. The molecule has 2 rings (SSSR count). The number of hydrogen-bond donors (Lipinski definition) is 3. The second-order valence-corrected chi connectivity index (χ2v) is 5.34. The van der Waals surface area contributed by atoms with E-state index in [0.29, 0.717) is 12.8 Å². The highest BCUT2D eigenvalue weighted by Crippen LogP contribution is 2.33. The second kappa shape index (κ2) is 4.64. The third kappa shape index (κ3) is 2.77. The fourth-order valence-corrected chi connectivity index (χ4v) is 2.50.